The minimum atomic E-state index is -2.93. The monoisotopic (exact) mass is 368 g/mol. The molecule has 1 unspecified atom stereocenters. The van der Waals surface area contributed by atoms with Crippen molar-refractivity contribution in [3.05, 3.63) is 91.0 Å². The largest absolute Gasteiger partial charge is 0.326 e. The number of hydrogen-bond acceptors (Lipinski definition) is 2. The molecule has 0 aromatic heterocycles. The van der Waals surface area contributed by atoms with Gasteiger partial charge in [-0.15, -0.1) is 0 Å². The fourth-order valence-electron chi connectivity index (χ4n) is 3.39. The molecule has 0 fully saturated rings. The summed E-state index contributed by atoms with van der Waals surface area (Å²) < 4.78 is 16.2. The summed E-state index contributed by atoms with van der Waals surface area (Å²) in [6.45, 7) is 0.263. The Kier molecular flexibility index (Phi) is 6.00. The molecular formula is C20H21O3PSi. The van der Waals surface area contributed by atoms with Crippen molar-refractivity contribution >= 4 is 31.9 Å². The Morgan fingerprint density at radius 3 is 1.40 bits per heavy atom. The summed E-state index contributed by atoms with van der Waals surface area (Å²) in [6.07, 6.45) is 0. The Hall–Kier alpha value is -1.97. The normalized spacial score (nSPS) is 12.7. The van der Waals surface area contributed by atoms with Crippen molar-refractivity contribution in [1.29, 1.82) is 0 Å². The molecular weight excluding hydrogens is 347 g/mol. The zero-order valence-corrected chi connectivity index (χ0v) is 15.8. The molecule has 1 atom stereocenters. The Morgan fingerprint density at radius 2 is 1.08 bits per heavy atom. The van der Waals surface area contributed by atoms with E-state index in [9.17, 15) is 4.57 Å². The third-order valence-corrected chi connectivity index (χ3v) is 9.86. The molecule has 5 heteroatoms. The molecule has 3 aromatic carbocycles. The van der Waals surface area contributed by atoms with Crippen LogP contribution < -0.4 is 15.6 Å². The standard InChI is InChI=1S/C20H21O3PSi/c21-24(22)23-16-17-25(18-10-4-1-5-11-18,19-12-6-2-7-13-19)20-14-8-3-9-15-20/h1-15,24H,16-17H2,(H,21,22). The minimum absolute atomic E-state index is 0.263. The van der Waals surface area contributed by atoms with E-state index in [4.69, 9.17) is 9.42 Å². The highest BCUT2D eigenvalue weighted by molar-refractivity contribution is 7.32. The van der Waals surface area contributed by atoms with Gasteiger partial charge in [-0.25, -0.2) is 0 Å². The van der Waals surface area contributed by atoms with E-state index in [0.29, 0.717) is 6.04 Å². The van der Waals surface area contributed by atoms with Gasteiger partial charge >= 0.3 is 8.25 Å². The van der Waals surface area contributed by atoms with E-state index in [-0.39, 0.29) is 6.61 Å². The third-order valence-electron chi connectivity index (χ3n) is 4.50. The van der Waals surface area contributed by atoms with Crippen LogP contribution in [0.3, 0.4) is 0 Å². The summed E-state index contributed by atoms with van der Waals surface area (Å²) in [5.41, 5.74) is 0. The molecule has 0 aliphatic carbocycles. The van der Waals surface area contributed by atoms with E-state index in [1.54, 1.807) is 0 Å². The summed E-state index contributed by atoms with van der Waals surface area (Å²) >= 11 is 0. The molecule has 0 spiro atoms. The van der Waals surface area contributed by atoms with Crippen molar-refractivity contribution in [2.24, 2.45) is 0 Å². The van der Waals surface area contributed by atoms with Gasteiger partial charge in [0.25, 0.3) is 0 Å². The summed E-state index contributed by atoms with van der Waals surface area (Å²) in [5.74, 6) is 0. The van der Waals surface area contributed by atoms with Gasteiger partial charge in [-0.2, -0.15) is 0 Å². The highest BCUT2D eigenvalue weighted by atomic mass is 31.1. The van der Waals surface area contributed by atoms with Crippen LogP contribution in [0.5, 0.6) is 0 Å². The highest BCUT2D eigenvalue weighted by Gasteiger charge is 2.38. The lowest BCUT2D eigenvalue weighted by Crippen LogP contribution is -2.67. The van der Waals surface area contributed by atoms with Crippen LogP contribution in [0.15, 0.2) is 91.0 Å². The topological polar surface area (TPSA) is 46.5 Å². The van der Waals surface area contributed by atoms with E-state index in [1.807, 2.05) is 18.2 Å². The van der Waals surface area contributed by atoms with Crippen LogP contribution in [-0.4, -0.2) is 19.6 Å². The molecule has 1 N–H and O–H groups in total. The Bertz CT molecular complexity index is 713. The molecule has 25 heavy (non-hydrogen) atoms. The van der Waals surface area contributed by atoms with Crippen LogP contribution in [-0.2, 0) is 9.09 Å². The molecule has 0 saturated carbocycles. The van der Waals surface area contributed by atoms with E-state index in [0.717, 1.165) is 0 Å². The molecule has 0 bridgehead atoms. The Labute approximate surface area is 149 Å². The molecule has 3 nitrogen and oxygen atoms in total. The van der Waals surface area contributed by atoms with Gasteiger partial charge in [-0.3, -0.25) is 4.57 Å². The molecule has 3 rings (SSSR count). The lowest BCUT2D eigenvalue weighted by atomic mass is 10.3. The second-order valence-electron chi connectivity index (χ2n) is 5.87. The van der Waals surface area contributed by atoms with Gasteiger partial charge < -0.3 is 9.42 Å². The molecule has 0 aliphatic rings. The first-order chi connectivity index (χ1) is 12.2. The second kappa shape index (κ2) is 8.41. The molecule has 0 heterocycles. The van der Waals surface area contributed by atoms with E-state index < -0.39 is 16.3 Å². The highest BCUT2D eigenvalue weighted by Crippen LogP contribution is 2.19. The van der Waals surface area contributed by atoms with Crippen LogP contribution in [0.4, 0.5) is 0 Å². The van der Waals surface area contributed by atoms with Crippen molar-refractivity contribution in [2.75, 3.05) is 6.61 Å². The van der Waals surface area contributed by atoms with Gasteiger partial charge in [-0.05, 0) is 21.6 Å². The van der Waals surface area contributed by atoms with Crippen molar-refractivity contribution in [1.82, 2.24) is 0 Å². The second-order valence-corrected chi connectivity index (χ2v) is 10.7. The van der Waals surface area contributed by atoms with E-state index in [1.165, 1.54) is 15.6 Å². The smallest absolute Gasteiger partial charge is 0.316 e. The van der Waals surface area contributed by atoms with Crippen molar-refractivity contribution in [3.63, 3.8) is 0 Å². The fraction of sp³-hybridized carbons (Fsp3) is 0.100. The molecule has 0 radical (unpaired) electrons. The number of hydrogen-bond donors (Lipinski definition) is 1. The lowest BCUT2D eigenvalue weighted by Gasteiger charge is -2.33. The third kappa shape index (κ3) is 3.99. The maximum Gasteiger partial charge on any atom is 0.316 e. The van der Waals surface area contributed by atoms with Gasteiger partial charge in [0.2, 0.25) is 0 Å². The summed E-state index contributed by atoms with van der Waals surface area (Å²) in [5, 5.41) is 3.82. The first-order valence-corrected chi connectivity index (χ1v) is 11.7. The van der Waals surface area contributed by atoms with Crippen molar-refractivity contribution < 1.29 is 14.0 Å². The predicted molar refractivity (Wildman–Crippen MR) is 106 cm³/mol. The Balaban J connectivity index is 2.18. The van der Waals surface area contributed by atoms with Gasteiger partial charge in [0.1, 0.15) is 0 Å². The van der Waals surface area contributed by atoms with Crippen LogP contribution in [0, 0.1) is 0 Å². The molecule has 3 aromatic rings. The molecule has 128 valence electrons. The zero-order chi connectivity index (χ0) is 17.5. The summed E-state index contributed by atoms with van der Waals surface area (Å²) in [4.78, 5) is 9.10. The van der Waals surface area contributed by atoms with Crippen molar-refractivity contribution in [2.45, 2.75) is 6.04 Å². The average molecular weight is 368 g/mol. The van der Waals surface area contributed by atoms with Gasteiger partial charge in [0, 0.05) is 0 Å². The van der Waals surface area contributed by atoms with Crippen LogP contribution in [0.2, 0.25) is 6.04 Å². The SMILES string of the molecule is O=[PH](O)OCC[Si](c1ccccc1)(c1ccccc1)c1ccccc1. The maximum absolute atomic E-state index is 11.1. The minimum Gasteiger partial charge on any atom is -0.326 e. The van der Waals surface area contributed by atoms with Crippen LogP contribution >= 0.6 is 8.25 Å². The first kappa shape index (κ1) is 17.8. The van der Waals surface area contributed by atoms with Crippen molar-refractivity contribution in [3.8, 4) is 0 Å². The van der Waals surface area contributed by atoms with Gasteiger partial charge in [0.15, 0.2) is 8.07 Å². The van der Waals surface area contributed by atoms with Gasteiger partial charge in [0.05, 0.1) is 6.61 Å². The number of rotatable bonds is 7. The van der Waals surface area contributed by atoms with Gasteiger partial charge in [-0.1, -0.05) is 91.0 Å². The molecule has 0 amide bonds. The maximum atomic E-state index is 11.1. The van der Waals surface area contributed by atoms with Crippen LogP contribution in [0.25, 0.3) is 0 Å². The average Bonchev–Trinajstić information content (AvgIpc) is 2.67. The zero-order valence-electron chi connectivity index (χ0n) is 13.8. The summed E-state index contributed by atoms with van der Waals surface area (Å²) in [6, 6.07) is 32.0. The lowest BCUT2D eigenvalue weighted by molar-refractivity contribution is 0.297. The quantitative estimate of drug-likeness (QED) is 0.396. The van der Waals surface area contributed by atoms with E-state index >= 15 is 0 Å². The Morgan fingerprint density at radius 1 is 0.720 bits per heavy atom. The molecule has 0 saturated heterocycles. The molecule has 0 aliphatic heterocycles. The van der Waals surface area contributed by atoms with E-state index in [2.05, 4.69) is 72.8 Å². The first-order valence-electron chi connectivity index (χ1n) is 8.26. The fourth-order valence-corrected chi connectivity index (χ4v) is 8.43. The van der Waals surface area contributed by atoms with Crippen LogP contribution in [0.1, 0.15) is 0 Å². The summed E-state index contributed by atoms with van der Waals surface area (Å²) in [7, 11) is -5.28. The number of benzene rings is 3. The predicted octanol–water partition coefficient (Wildman–Crippen LogP) is 2.56.